The van der Waals surface area contributed by atoms with Crippen molar-refractivity contribution in [1.29, 1.82) is 0 Å². The van der Waals surface area contributed by atoms with E-state index in [4.69, 9.17) is 9.94 Å². The Morgan fingerprint density at radius 3 is 2.80 bits per heavy atom. The second kappa shape index (κ2) is 3.93. The third-order valence-electron chi connectivity index (χ3n) is 2.54. The van der Waals surface area contributed by atoms with Crippen molar-refractivity contribution < 1.29 is 9.94 Å². The number of nitrogens with zero attached hydrogens (tertiary/aromatic N) is 1. The first-order valence-electron chi connectivity index (χ1n) is 5.22. The van der Waals surface area contributed by atoms with Crippen molar-refractivity contribution in [3.8, 4) is 5.75 Å². The zero-order valence-electron chi connectivity index (χ0n) is 9.03. The molecule has 0 radical (unpaired) electrons. The maximum atomic E-state index is 8.83. The highest BCUT2D eigenvalue weighted by Crippen LogP contribution is 2.31. The molecule has 0 bridgehead atoms. The van der Waals surface area contributed by atoms with Crippen molar-refractivity contribution in [2.45, 2.75) is 32.8 Å². The Morgan fingerprint density at radius 2 is 2.13 bits per heavy atom. The SMILES string of the molecule is CC(C)Oc1cccc2c1CCC2=NO. The molecule has 1 aliphatic carbocycles. The molecule has 15 heavy (non-hydrogen) atoms. The van der Waals surface area contributed by atoms with Crippen LogP contribution in [-0.2, 0) is 6.42 Å². The molecule has 1 aromatic rings. The number of rotatable bonds is 2. The van der Waals surface area contributed by atoms with Crippen LogP contribution >= 0.6 is 0 Å². The van der Waals surface area contributed by atoms with Crippen LogP contribution in [0.4, 0.5) is 0 Å². The molecule has 2 rings (SSSR count). The Balaban J connectivity index is 2.40. The second-order valence-corrected chi connectivity index (χ2v) is 4.00. The van der Waals surface area contributed by atoms with Gasteiger partial charge in [-0.25, -0.2) is 0 Å². The first-order valence-corrected chi connectivity index (χ1v) is 5.22. The fourth-order valence-corrected chi connectivity index (χ4v) is 1.94. The predicted molar refractivity (Wildman–Crippen MR) is 58.9 cm³/mol. The standard InChI is InChI=1S/C12H15NO2/c1-8(2)15-12-5-3-4-9-10(12)6-7-11(9)13-14/h3-5,8,14H,6-7H2,1-2H3. The van der Waals surface area contributed by atoms with Crippen molar-refractivity contribution in [1.82, 2.24) is 0 Å². The maximum Gasteiger partial charge on any atom is 0.123 e. The van der Waals surface area contributed by atoms with Crippen LogP contribution in [-0.4, -0.2) is 17.0 Å². The zero-order valence-corrected chi connectivity index (χ0v) is 9.03. The Bertz CT molecular complexity index is 397. The summed E-state index contributed by atoms with van der Waals surface area (Å²) in [5.41, 5.74) is 2.95. The smallest absolute Gasteiger partial charge is 0.123 e. The van der Waals surface area contributed by atoms with Crippen LogP contribution in [0, 0.1) is 0 Å². The van der Waals surface area contributed by atoms with E-state index in [0.29, 0.717) is 0 Å². The van der Waals surface area contributed by atoms with Crippen LogP contribution in [0.2, 0.25) is 0 Å². The van der Waals surface area contributed by atoms with E-state index in [1.807, 2.05) is 32.0 Å². The van der Waals surface area contributed by atoms with Gasteiger partial charge in [-0.15, -0.1) is 0 Å². The molecule has 3 heteroatoms. The average molecular weight is 205 g/mol. The molecule has 1 N–H and O–H groups in total. The van der Waals surface area contributed by atoms with E-state index >= 15 is 0 Å². The average Bonchev–Trinajstić information content (AvgIpc) is 2.61. The number of hydrogen-bond donors (Lipinski definition) is 1. The molecule has 0 amide bonds. The summed E-state index contributed by atoms with van der Waals surface area (Å²) in [6.45, 7) is 4.02. The second-order valence-electron chi connectivity index (χ2n) is 4.00. The van der Waals surface area contributed by atoms with Crippen molar-refractivity contribution in [3.05, 3.63) is 29.3 Å². The molecule has 0 aliphatic heterocycles. The lowest BCUT2D eigenvalue weighted by molar-refractivity contribution is 0.240. The molecule has 80 valence electrons. The fraction of sp³-hybridized carbons (Fsp3) is 0.417. The predicted octanol–water partition coefficient (Wildman–Crippen LogP) is 2.60. The van der Waals surface area contributed by atoms with Crippen LogP contribution in [0.1, 0.15) is 31.4 Å². The minimum Gasteiger partial charge on any atom is -0.491 e. The van der Waals surface area contributed by atoms with Gasteiger partial charge in [0, 0.05) is 11.1 Å². The Labute approximate surface area is 89.4 Å². The summed E-state index contributed by atoms with van der Waals surface area (Å²) in [5.74, 6) is 0.918. The molecular formula is C12H15NO2. The summed E-state index contributed by atoms with van der Waals surface area (Å²) in [4.78, 5) is 0. The van der Waals surface area contributed by atoms with E-state index < -0.39 is 0 Å². The summed E-state index contributed by atoms with van der Waals surface area (Å²) < 4.78 is 5.71. The van der Waals surface area contributed by atoms with Crippen LogP contribution in [0.25, 0.3) is 0 Å². The van der Waals surface area contributed by atoms with Gasteiger partial charge < -0.3 is 9.94 Å². The minimum atomic E-state index is 0.173. The summed E-state index contributed by atoms with van der Waals surface area (Å²) in [6, 6.07) is 5.89. The van der Waals surface area contributed by atoms with Crippen molar-refractivity contribution in [2.24, 2.45) is 5.16 Å². The van der Waals surface area contributed by atoms with Crippen LogP contribution in [0.3, 0.4) is 0 Å². The molecule has 0 aromatic heterocycles. The lowest BCUT2D eigenvalue weighted by atomic mass is 10.1. The number of ether oxygens (including phenoxy) is 1. The Morgan fingerprint density at radius 1 is 1.33 bits per heavy atom. The van der Waals surface area contributed by atoms with Gasteiger partial charge in [-0.05, 0) is 32.8 Å². The van der Waals surface area contributed by atoms with E-state index in [1.165, 1.54) is 5.56 Å². The van der Waals surface area contributed by atoms with Gasteiger partial charge in [0.2, 0.25) is 0 Å². The number of benzene rings is 1. The molecule has 1 aromatic carbocycles. The number of oxime groups is 1. The van der Waals surface area contributed by atoms with Crippen molar-refractivity contribution >= 4 is 5.71 Å². The van der Waals surface area contributed by atoms with Crippen molar-refractivity contribution in [3.63, 3.8) is 0 Å². The molecule has 3 nitrogen and oxygen atoms in total. The lowest BCUT2D eigenvalue weighted by Crippen LogP contribution is -2.07. The molecule has 0 fully saturated rings. The summed E-state index contributed by atoms with van der Waals surface area (Å²) in [7, 11) is 0. The van der Waals surface area contributed by atoms with Gasteiger partial charge in [0.25, 0.3) is 0 Å². The molecule has 0 saturated carbocycles. The van der Waals surface area contributed by atoms with Crippen LogP contribution < -0.4 is 4.74 Å². The normalized spacial score (nSPS) is 17.1. The molecule has 0 atom stereocenters. The monoisotopic (exact) mass is 205 g/mol. The topological polar surface area (TPSA) is 41.8 Å². The molecule has 1 aliphatic rings. The van der Waals surface area contributed by atoms with E-state index in [-0.39, 0.29) is 6.10 Å². The summed E-state index contributed by atoms with van der Waals surface area (Å²) in [6.07, 6.45) is 1.87. The minimum absolute atomic E-state index is 0.173. The summed E-state index contributed by atoms with van der Waals surface area (Å²) in [5, 5.41) is 12.1. The van der Waals surface area contributed by atoms with Gasteiger partial charge in [-0.3, -0.25) is 0 Å². The highest BCUT2D eigenvalue weighted by Gasteiger charge is 2.21. The van der Waals surface area contributed by atoms with Gasteiger partial charge in [0.15, 0.2) is 0 Å². The van der Waals surface area contributed by atoms with E-state index in [2.05, 4.69) is 5.16 Å². The van der Waals surface area contributed by atoms with E-state index in [9.17, 15) is 0 Å². The van der Waals surface area contributed by atoms with Gasteiger partial charge in [0.1, 0.15) is 5.75 Å². The molecule has 0 saturated heterocycles. The zero-order chi connectivity index (χ0) is 10.8. The van der Waals surface area contributed by atoms with Gasteiger partial charge in [-0.2, -0.15) is 0 Å². The Kier molecular flexibility index (Phi) is 2.62. The maximum absolute atomic E-state index is 8.83. The highest BCUT2D eigenvalue weighted by molar-refractivity contribution is 6.04. The summed E-state index contributed by atoms with van der Waals surface area (Å²) >= 11 is 0. The first-order chi connectivity index (χ1) is 7.22. The van der Waals surface area contributed by atoms with E-state index in [1.54, 1.807) is 0 Å². The number of fused-ring (bicyclic) bond motifs is 1. The highest BCUT2D eigenvalue weighted by atomic mass is 16.5. The van der Waals surface area contributed by atoms with Gasteiger partial charge in [0.05, 0.1) is 11.8 Å². The molecule has 0 unspecified atom stereocenters. The lowest BCUT2D eigenvalue weighted by Gasteiger charge is -2.13. The third-order valence-corrected chi connectivity index (χ3v) is 2.54. The number of hydrogen-bond acceptors (Lipinski definition) is 3. The Hall–Kier alpha value is -1.51. The van der Waals surface area contributed by atoms with Gasteiger partial charge >= 0.3 is 0 Å². The molecule has 0 spiro atoms. The largest absolute Gasteiger partial charge is 0.491 e. The van der Waals surface area contributed by atoms with E-state index in [0.717, 1.165) is 29.9 Å². The van der Waals surface area contributed by atoms with Crippen molar-refractivity contribution in [2.75, 3.05) is 0 Å². The fourth-order valence-electron chi connectivity index (χ4n) is 1.94. The van der Waals surface area contributed by atoms with Gasteiger partial charge in [-0.1, -0.05) is 17.3 Å². The quantitative estimate of drug-likeness (QED) is 0.595. The molecule has 0 heterocycles. The first kappa shape index (κ1) is 10.0. The van der Waals surface area contributed by atoms with Crippen LogP contribution in [0.15, 0.2) is 23.4 Å². The molecular weight excluding hydrogens is 190 g/mol. The van der Waals surface area contributed by atoms with Crippen LogP contribution in [0.5, 0.6) is 5.75 Å². The third kappa shape index (κ3) is 1.82.